The fourth-order valence-electron chi connectivity index (χ4n) is 4.87. The minimum absolute atomic E-state index is 0.0646. The number of ketones is 1. The molecule has 1 aliphatic heterocycles. The van der Waals surface area contributed by atoms with Crippen LogP contribution in [0.1, 0.15) is 49.5 Å². The van der Waals surface area contributed by atoms with E-state index in [4.69, 9.17) is 20.9 Å². The quantitative estimate of drug-likeness (QED) is 0.134. The molecule has 2 heterocycles. The van der Waals surface area contributed by atoms with Crippen LogP contribution in [0.2, 0.25) is 5.02 Å². The molecule has 44 heavy (non-hydrogen) atoms. The van der Waals surface area contributed by atoms with Crippen molar-refractivity contribution in [3.05, 3.63) is 64.6 Å². The lowest BCUT2D eigenvalue weighted by Crippen LogP contribution is -2.46. The van der Waals surface area contributed by atoms with E-state index in [-0.39, 0.29) is 40.3 Å². The first-order valence-electron chi connectivity index (χ1n) is 13.7. The standard InChI is InChI=1S/C29H32ClFN3O9P/c1-17(2)43-29(38)41-16-42-44(39,40)20-9-10-21-22(18(3)35)14-33(25(21)12-20)15-26(36)34-11-5-8-24(34)28(37)32-13-19-6-4-7-23(30)27(19)31/h4,6-7,9-10,12,14,17,24H,5,8,11,13,15-16H2,1-3H3,(H,32,37)(H,39,40)/t24-/m0/s1. The van der Waals surface area contributed by atoms with E-state index in [0.717, 1.165) is 0 Å². The number of halogens is 2. The topological polar surface area (TPSA) is 153 Å². The molecule has 1 aromatic heterocycles. The molecule has 4 rings (SSSR count). The fraction of sp³-hybridized carbons (Fsp3) is 0.379. The predicted octanol–water partition coefficient (Wildman–Crippen LogP) is 4.29. The first kappa shape index (κ1) is 33.1. The number of Topliss-reactive ketones (excluding diaryl/α,β-unsaturated/α-hetero) is 1. The highest BCUT2D eigenvalue weighted by molar-refractivity contribution is 7.61. The molecule has 0 radical (unpaired) electrons. The number of fused-ring (bicyclic) bond motifs is 1. The number of amides is 2. The summed E-state index contributed by atoms with van der Waals surface area (Å²) in [5.41, 5.74) is 0.795. The smallest absolute Gasteiger partial charge is 0.432 e. The molecule has 0 saturated carbocycles. The van der Waals surface area contributed by atoms with E-state index in [0.29, 0.717) is 30.3 Å². The molecule has 2 atom stereocenters. The molecule has 3 aromatic rings. The minimum Gasteiger partial charge on any atom is -0.432 e. The Morgan fingerprint density at radius 2 is 1.95 bits per heavy atom. The molecule has 2 amide bonds. The van der Waals surface area contributed by atoms with Crippen LogP contribution in [-0.4, -0.2) is 63.6 Å². The van der Waals surface area contributed by atoms with Gasteiger partial charge in [-0.25, -0.2) is 9.18 Å². The van der Waals surface area contributed by atoms with Crippen LogP contribution in [-0.2, 0) is 41.2 Å². The average Bonchev–Trinajstić information content (AvgIpc) is 3.59. The van der Waals surface area contributed by atoms with Crippen molar-refractivity contribution in [1.82, 2.24) is 14.8 Å². The van der Waals surface area contributed by atoms with Crippen LogP contribution in [0.3, 0.4) is 0 Å². The van der Waals surface area contributed by atoms with Gasteiger partial charge in [-0.15, -0.1) is 0 Å². The summed E-state index contributed by atoms with van der Waals surface area (Å²) in [5.74, 6) is -1.79. The zero-order chi connectivity index (χ0) is 32.2. The van der Waals surface area contributed by atoms with Gasteiger partial charge in [0.1, 0.15) is 18.4 Å². The lowest BCUT2D eigenvalue weighted by Gasteiger charge is -2.24. The summed E-state index contributed by atoms with van der Waals surface area (Å²) < 4.78 is 43.1. The predicted molar refractivity (Wildman–Crippen MR) is 158 cm³/mol. The zero-order valence-corrected chi connectivity index (χ0v) is 25.9. The number of likely N-dealkylation sites (tertiary alicyclic amines) is 1. The molecule has 15 heteroatoms. The maximum Gasteiger partial charge on any atom is 0.510 e. The number of ether oxygens (including phenoxy) is 2. The summed E-state index contributed by atoms with van der Waals surface area (Å²) in [5, 5.41) is 2.87. The second kappa shape index (κ2) is 13.9. The van der Waals surface area contributed by atoms with Gasteiger partial charge in [0.25, 0.3) is 0 Å². The number of nitrogens with zero attached hydrogens (tertiary/aromatic N) is 2. The van der Waals surface area contributed by atoms with Gasteiger partial charge in [-0.2, -0.15) is 0 Å². The van der Waals surface area contributed by atoms with Gasteiger partial charge in [-0.05, 0) is 51.8 Å². The van der Waals surface area contributed by atoms with Crippen molar-refractivity contribution in [3.63, 3.8) is 0 Å². The molecule has 1 saturated heterocycles. The number of benzene rings is 2. The van der Waals surface area contributed by atoms with Gasteiger partial charge in [0.05, 0.1) is 21.9 Å². The van der Waals surface area contributed by atoms with Crippen LogP contribution in [0.4, 0.5) is 9.18 Å². The van der Waals surface area contributed by atoms with Crippen molar-refractivity contribution in [2.24, 2.45) is 0 Å². The maximum absolute atomic E-state index is 14.3. The van der Waals surface area contributed by atoms with Crippen molar-refractivity contribution >= 4 is 59.2 Å². The summed E-state index contributed by atoms with van der Waals surface area (Å²) >= 11 is 5.82. The molecule has 0 bridgehead atoms. The molecular weight excluding hydrogens is 620 g/mol. The Labute approximate surface area is 257 Å². The van der Waals surface area contributed by atoms with Crippen LogP contribution in [0.25, 0.3) is 10.9 Å². The number of hydrogen-bond acceptors (Lipinski definition) is 8. The van der Waals surface area contributed by atoms with Gasteiger partial charge < -0.3 is 29.2 Å². The molecule has 0 spiro atoms. The lowest BCUT2D eigenvalue weighted by atomic mass is 10.1. The largest absolute Gasteiger partial charge is 0.510 e. The Hall–Kier alpha value is -3.77. The first-order chi connectivity index (χ1) is 20.8. The first-order valence-corrected chi connectivity index (χ1v) is 15.7. The van der Waals surface area contributed by atoms with Crippen molar-refractivity contribution < 1.29 is 47.0 Å². The van der Waals surface area contributed by atoms with Crippen LogP contribution >= 0.6 is 19.2 Å². The van der Waals surface area contributed by atoms with Gasteiger partial charge in [0.15, 0.2) is 5.78 Å². The average molecular weight is 652 g/mol. The Morgan fingerprint density at radius 1 is 1.20 bits per heavy atom. The monoisotopic (exact) mass is 651 g/mol. The minimum atomic E-state index is -4.51. The number of nitrogens with one attached hydrogen (secondary N) is 1. The van der Waals surface area contributed by atoms with Gasteiger partial charge >= 0.3 is 13.8 Å². The second-order valence-corrected chi connectivity index (χ2v) is 12.7. The van der Waals surface area contributed by atoms with Gasteiger partial charge in [-0.1, -0.05) is 29.8 Å². The van der Waals surface area contributed by atoms with Crippen molar-refractivity contribution in [1.29, 1.82) is 0 Å². The Kier molecular flexibility index (Phi) is 10.5. The summed E-state index contributed by atoms with van der Waals surface area (Å²) in [7, 11) is -4.51. The van der Waals surface area contributed by atoms with E-state index in [1.807, 2.05) is 0 Å². The Morgan fingerprint density at radius 3 is 2.66 bits per heavy atom. The highest BCUT2D eigenvalue weighted by Crippen LogP contribution is 2.41. The van der Waals surface area contributed by atoms with E-state index in [1.54, 1.807) is 19.9 Å². The highest BCUT2D eigenvalue weighted by Gasteiger charge is 2.34. The molecule has 1 aliphatic rings. The third-order valence-corrected chi connectivity index (χ3v) is 8.65. The van der Waals surface area contributed by atoms with Crippen molar-refractivity contribution in [3.8, 4) is 0 Å². The van der Waals surface area contributed by atoms with Gasteiger partial charge in [0, 0.05) is 35.8 Å². The molecule has 2 N–H and O–H groups in total. The normalized spacial score (nSPS) is 16.2. The fourth-order valence-corrected chi connectivity index (χ4v) is 5.96. The maximum atomic E-state index is 14.3. The van der Waals surface area contributed by atoms with E-state index in [9.17, 15) is 33.0 Å². The van der Waals surface area contributed by atoms with E-state index < -0.39 is 50.3 Å². The molecule has 0 aliphatic carbocycles. The summed E-state index contributed by atoms with van der Waals surface area (Å²) in [4.78, 5) is 62.3. The van der Waals surface area contributed by atoms with Crippen LogP contribution < -0.4 is 10.6 Å². The lowest BCUT2D eigenvalue weighted by molar-refractivity contribution is -0.138. The van der Waals surface area contributed by atoms with E-state index >= 15 is 0 Å². The Balaban J connectivity index is 1.50. The third kappa shape index (κ3) is 7.65. The number of aromatic nitrogens is 1. The third-order valence-electron chi connectivity index (χ3n) is 6.97. The summed E-state index contributed by atoms with van der Waals surface area (Å²) in [6.45, 7) is 3.64. The molecule has 1 fully saturated rings. The van der Waals surface area contributed by atoms with E-state index in [2.05, 4.69) is 10.1 Å². The van der Waals surface area contributed by atoms with Gasteiger partial charge in [0.2, 0.25) is 18.6 Å². The van der Waals surface area contributed by atoms with Crippen molar-refractivity contribution in [2.75, 3.05) is 13.3 Å². The molecule has 12 nitrogen and oxygen atoms in total. The molecular formula is C29H32ClFN3O9P. The summed E-state index contributed by atoms with van der Waals surface area (Å²) in [6.07, 6.45) is 0.918. The zero-order valence-electron chi connectivity index (χ0n) is 24.2. The SMILES string of the molecule is CC(=O)c1cn(CC(=O)N2CCC[C@H]2C(=O)NCc2cccc(Cl)c2F)c2cc(P(=O)(O)OCOC(=O)OC(C)C)ccc12. The number of carbonyl (C=O) groups is 4. The van der Waals surface area contributed by atoms with Gasteiger partial charge in [-0.3, -0.25) is 23.5 Å². The molecule has 236 valence electrons. The van der Waals surface area contributed by atoms with Crippen LogP contribution in [0.15, 0.2) is 42.6 Å². The second-order valence-electron chi connectivity index (χ2n) is 10.4. The number of hydrogen-bond donors (Lipinski definition) is 2. The summed E-state index contributed by atoms with van der Waals surface area (Å²) in [6, 6.07) is 7.76. The van der Waals surface area contributed by atoms with Crippen LogP contribution in [0.5, 0.6) is 0 Å². The van der Waals surface area contributed by atoms with Crippen molar-refractivity contribution in [2.45, 2.75) is 58.8 Å². The highest BCUT2D eigenvalue weighted by atomic mass is 35.5. The molecule has 1 unspecified atom stereocenters. The Bertz CT molecular complexity index is 1640. The van der Waals surface area contributed by atoms with E-state index in [1.165, 1.54) is 52.9 Å². The molecule has 2 aromatic carbocycles. The number of carbonyl (C=O) groups excluding carboxylic acids is 4. The van der Waals surface area contributed by atoms with Crippen LogP contribution in [0, 0.1) is 5.82 Å². The number of rotatable bonds is 11.